The molecule has 24 heavy (non-hydrogen) atoms. The lowest BCUT2D eigenvalue weighted by Crippen LogP contribution is -2.45. The molecule has 0 radical (unpaired) electrons. The summed E-state index contributed by atoms with van der Waals surface area (Å²) in [6.07, 6.45) is 3.34. The van der Waals surface area contributed by atoms with Crippen molar-refractivity contribution in [1.82, 2.24) is 5.32 Å². The van der Waals surface area contributed by atoms with Crippen molar-refractivity contribution in [2.45, 2.75) is 36.6 Å². The Kier molecular flexibility index (Phi) is 4.51. The summed E-state index contributed by atoms with van der Waals surface area (Å²) >= 11 is 0. The third-order valence-corrected chi connectivity index (χ3v) is 5.18. The molecule has 1 aliphatic carbocycles. The Morgan fingerprint density at radius 2 is 1.67 bits per heavy atom. The number of carbonyl (C=O) groups is 1. The summed E-state index contributed by atoms with van der Waals surface area (Å²) in [5, 5.41) is 14.2. The number of hydrogen-bond acceptors (Lipinski definition) is 2. The average molecular weight is 374 g/mol. The summed E-state index contributed by atoms with van der Waals surface area (Å²) in [5.74, 6) is -0.0694. The van der Waals surface area contributed by atoms with E-state index in [9.17, 15) is 29.3 Å². The maximum atomic E-state index is 12.6. The minimum Gasteiger partial charge on any atom is -0.396 e. The van der Waals surface area contributed by atoms with Crippen LogP contribution in [-0.2, 0) is 0 Å². The normalized spacial score (nSPS) is 24.6. The number of aliphatic hydroxyl groups excluding tert-OH is 1. The van der Waals surface area contributed by atoms with Crippen LogP contribution in [0.25, 0.3) is 0 Å². The molecular formula is C14H19F5N2O2S. The van der Waals surface area contributed by atoms with Crippen LogP contribution >= 0.6 is 10.2 Å². The summed E-state index contributed by atoms with van der Waals surface area (Å²) < 4.78 is 63.0. The summed E-state index contributed by atoms with van der Waals surface area (Å²) in [6, 6.07) is 1.16. The molecule has 0 aromatic heterocycles. The second-order valence-corrected chi connectivity index (χ2v) is 8.33. The van der Waals surface area contributed by atoms with Crippen LogP contribution in [0.4, 0.5) is 29.9 Å². The van der Waals surface area contributed by atoms with Gasteiger partial charge in [-0.15, -0.1) is 0 Å². The first-order chi connectivity index (χ1) is 10.9. The number of halogens is 5. The van der Waals surface area contributed by atoms with Crippen LogP contribution in [-0.4, -0.2) is 23.8 Å². The second-order valence-electron chi connectivity index (χ2n) is 5.93. The van der Waals surface area contributed by atoms with Gasteiger partial charge in [0.2, 0.25) is 0 Å². The lowest BCUT2D eigenvalue weighted by Gasteiger charge is -2.40. The standard InChI is InChI=1S/C14H19F5N2O2S/c15-24(16,17,18,19)12-7-5-11(6-8-12)20-14(23)21-13-4-2-1-3-10(13)9-22/h5-8,10,13,22H,1-4,9H2,(H2,20,21,23)/t10-,13-/m1/s1. The third kappa shape index (κ3) is 4.97. The summed E-state index contributed by atoms with van der Waals surface area (Å²) in [7, 11) is -9.71. The zero-order valence-electron chi connectivity index (χ0n) is 12.7. The molecule has 1 fully saturated rings. The van der Waals surface area contributed by atoms with Crippen LogP contribution in [0, 0.1) is 5.92 Å². The molecule has 1 aliphatic rings. The molecule has 0 saturated heterocycles. The van der Waals surface area contributed by atoms with Crippen molar-refractivity contribution in [3.05, 3.63) is 24.3 Å². The van der Waals surface area contributed by atoms with Gasteiger partial charge < -0.3 is 15.7 Å². The maximum Gasteiger partial charge on any atom is 0.319 e. The smallest absolute Gasteiger partial charge is 0.319 e. The highest BCUT2D eigenvalue weighted by Crippen LogP contribution is 3.02. The number of carbonyl (C=O) groups excluding carboxylic acids is 1. The first-order valence-corrected chi connectivity index (χ1v) is 9.37. The lowest BCUT2D eigenvalue weighted by atomic mass is 9.85. The van der Waals surface area contributed by atoms with Gasteiger partial charge in [0.1, 0.15) is 4.90 Å². The van der Waals surface area contributed by atoms with Gasteiger partial charge in [0.15, 0.2) is 0 Å². The van der Waals surface area contributed by atoms with E-state index in [0.717, 1.165) is 31.4 Å². The van der Waals surface area contributed by atoms with Gasteiger partial charge in [-0.25, -0.2) is 4.79 Å². The van der Waals surface area contributed by atoms with Crippen LogP contribution in [0.15, 0.2) is 29.2 Å². The van der Waals surface area contributed by atoms with Crippen molar-refractivity contribution in [3.8, 4) is 0 Å². The lowest BCUT2D eigenvalue weighted by molar-refractivity contribution is 0.156. The fourth-order valence-corrected chi connectivity index (χ4v) is 3.40. The second kappa shape index (κ2) is 5.76. The van der Waals surface area contributed by atoms with E-state index in [1.54, 1.807) is 0 Å². The molecule has 3 N–H and O–H groups in total. The number of urea groups is 1. The molecule has 1 aromatic carbocycles. The first kappa shape index (κ1) is 18.8. The topological polar surface area (TPSA) is 61.4 Å². The number of amides is 2. The van der Waals surface area contributed by atoms with Crippen LogP contribution in [0.2, 0.25) is 0 Å². The summed E-state index contributed by atoms with van der Waals surface area (Å²) in [5.41, 5.74) is -0.0329. The highest BCUT2D eigenvalue weighted by molar-refractivity contribution is 8.45. The number of aliphatic hydroxyl groups is 1. The number of rotatable bonds is 4. The van der Waals surface area contributed by atoms with Gasteiger partial charge in [-0.2, -0.15) is 0 Å². The highest BCUT2D eigenvalue weighted by Gasteiger charge is 2.65. The molecule has 0 heterocycles. The molecule has 2 amide bonds. The van der Waals surface area contributed by atoms with Crippen LogP contribution < -0.4 is 10.6 Å². The van der Waals surface area contributed by atoms with Crippen LogP contribution in [0.5, 0.6) is 0 Å². The van der Waals surface area contributed by atoms with Gasteiger partial charge in [-0.3, -0.25) is 0 Å². The van der Waals surface area contributed by atoms with E-state index in [-0.39, 0.29) is 36.4 Å². The molecule has 1 aromatic rings. The van der Waals surface area contributed by atoms with Crippen LogP contribution in [0.1, 0.15) is 25.7 Å². The number of hydrogen-bond donors (Lipinski definition) is 3. The van der Waals surface area contributed by atoms with Gasteiger partial charge in [-0.05, 0) is 37.1 Å². The third-order valence-electron chi connectivity index (χ3n) is 4.02. The molecule has 4 nitrogen and oxygen atoms in total. The predicted octanol–water partition coefficient (Wildman–Crippen LogP) is 5.02. The van der Waals surface area contributed by atoms with Crippen molar-refractivity contribution < 1.29 is 29.3 Å². The monoisotopic (exact) mass is 374 g/mol. The molecule has 1 saturated carbocycles. The Balaban J connectivity index is 2.00. The SMILES string of the molecule is O=C(Nc1ccc(S(F)(F)(F)(F)F)cc1)N[C@@H]1CCCC[C@@H]1CO. The average Bonchev–Trinajstić information content (AvgIpc) is 2.46. The minimum absolute atomic E-state index is 0.0329. The van der Waals surface area contributed by atoms with E-state index in [4.69, 9.17) is 0 Å². The van der Waals surface area contributed by atoms with E-state index in [1.807, 2.05) is 0 Å². The fraction of sp³-hybridized carbons (Fsp3) is 0.500. The molecular weight excluding hydrogens is 355 g/mol. The van der Waals surface area contributed by atoms with E-state index in [2.05, 4.69) is 10.6 Å². The number of nitrogens with one attached hydrogen (secondary N) is 2. The molecule has 0 aliphatic heterocycles. The Labute approximate surface area is 136 Å². The number of benzene rings is 1. The van der Waals surface area contributed by atoms with Crippen molar-refractivity contribution in [2.75, 3.05) is 11.9 Å². The highest BCUT2D eigenvalue weighted by atomic mass is 32.5. The molecule has 10 heteroatoms. The maximum absolute atomic E-state index is 12.6. The van der Waals surface area contributed by atoms with Crippen molar-refractivity contribution in [3.63, 3.8) is 0 Å². The Bertz CT molecular complexity index is 606. The van der Waals surface area contributed by atoms with E-state index < -0.39 is 21.2 Å². The predicted molar refractivity (Wildman–Crippen MR) is 82.8 cm³/mol. The Morgan fingerprint density at radius 1 is 1.08 bits per heavy atom. The molecule has 138 valence electrons. The molecule has 0 spiro atoms. The zero-order valence-corrected chi connectivity index (χ0v) is 13.5. The van der Waals surface area contributed by atoms with Crippen molar-refractivity contribution in [1.29, 1.82) is 0 Å². The zero-order chi connectivity index (χ0) is 18.1. The molecule has 0 unspecified atom stereocenters. The fourth-order valence-electron chi connectivity index (χ4n) is 2.75. The Hall–Kier alpha value is -1.55. The van der Waals surface area contributed by atoms with Gasteiger partial charge in [0, 0.05) is 24.3 Å². The minimum atomic E-state index is -9.71. The van der Waals surface area contributed by atoms with Crippen molar-refractivity contribution in [2.24, 2.45) is 5.92 Å². The quantitative estimate of drug-likeness (QED) is 0.649. The summed E-state index contributed by atoms with van der Waals surface area (Å²) in [6.45, 7) is -0.0659. The van der Waals surface area contributed by atoms with E-state index in [1.165, 1.54) is 0 Å². The van der Waals surface area contributed by atoms with Crippen LogP contribution in [0.3, 0.4) is 0 Å². The first-order valence-electron chi connectivity index (χ1n) is 7.41. The molecule has 0 bridgehead atoms. The summed E-state index contributed by atoms with van der Waals surface area (Å²) in [4.78, 5) is 9.88. The number of anilines is 1. The van der Waals surface area contributed by atoms with Gasteiger partial charge in [0.25, 0.3) is 0 Å². The molecule has 2 atom stereocenters. The van der Waals surface area contributed by atoms with Gasteiger partial charge >= 0.3 is 16.3 Å². The van der Waals surface area contributed by atoms with Gasteiger partial charge in [-0.1, -0.05) is 32.3 Å². The van der Waals surface area contributed by atoms with E-state index in [0.29, 0.717) is 6.42 Å². The van der Waals surface area contributed by atoms with Gasteiger partial charge in [0.05, 0.1) is 0 Å². The van der Waals surface area contributed by atoms with Crippen molar-refractivity contribution >= 4 is 21.9 Å². The largest absolute Gasteiger partial charge is 0.396 e. The van der Waals surface area contributed by atoms with E-state index >= 15 is 0 Å². The Morgan fingerprint density at radius 3 is 2.21 bits per heavy atom. The molecule has 2 rings (SSSR count).